The maximum absolute atomic E-state index is 12.6. The molecule has 1 spiro atoms. The predicted molar refractivity (Wildman–Crippen MR) is 142 cm³/mol. The van der Waals surface area contributed by atoms with Gasteiger partial charge in [-0.3, -0.25) is 4.79 Å². The second kappa shape index (κ2) is 8.18. The lowest BCUT2D eigenvalue weighted by Gasteiger charge is -2.65. The number of carbonyl (C=O) groups excluding carboxylic acids is 1. The van der Waals surface area contributed by atoms with E-state index in [2.05, 4.69) is 35.1 Å². The molecule has 0 amide bonds. The topological polar surface area (TPSA) is 83.3 Å². The number of aliphatic hydroxyl groups excluding tert-OH is 1. The standard InChI is InChI=1S/C32H36N2O3/c1-30-16-27-25-5-3-20(22-17-33-19-34-18-22)13-21(25)15-31-10-7-24(36)14-23(31)4-6-26(29(27)31)28(30)8-11-32(30,37)9-2-12-35/h2-3,5,9,13-14,17-19,26-29,35,37H,4,6-8,10-12,15-16H2,1H3/b9-2+/t26?,27?,28?,29?,30-,31?,32-/m1/s1. The molecule has 5 aliphatic carbocycles. The van der Waals surface area contributed by atoms with Crippen molar-refractivity contribution in [3.63, 3.8) is 0 Å². The van der Waals surface area contributed by atoms with Gasteiger partial charge in [0.15, 0.2) is 5.78 Å². The molecule has 1 heterocycles. The van der Waals surface area contributed by atoms with E-state index >= 15 is 0 Å². The summed E-state index contributed by atoms with van der Waals surface area (Å²) in [7, 11) is 0. The molecule has 3 fully saturated rings. The fraction of sp³-hybridized carbons (Fsp3) is 0.531. The summed E-state index contributed by atoms with van der Waals surface area (Å²) in [6.07, 6.45) is 18.4. The third-order valence-electron chi connectivity index (χ3n) is 11.3. The first kappa shape index (κ1) is 23.5. The molecule has 192 valence electrons. The minimum Gasteiger partial charge on any atom is -0.392 e. The van der Waals surface area contributed by atoms with Gasteiger partial charge in [0.05, 0.1) is 12.2 Å². The van der Waals surface area contributed by atoms with Crippen molar-refractivity contribution in [2.24, 2.45) is 28.6 Å². The number of nitrogens with zero attached hydrogens (tertiary/aromatic N) is 2. The van der Waals surface area contributed by atoms with Crippen LogP contribution < -0.4 is 0 Å². The van der Waals surface area contributed by atoms with E-state index in [9.17, 15) is 15.0 Å². The van der Waals surface area contributed by atoms with Crippen LogP contribution in [0.2, 0.25) is 0 Å². The van der Waals surface area contributed by atoms with E-state index in [1.165, 1.54) is 16.7 Å². The molecule has 37 heavy (non-hydrogen) atoms. The fourth-order valence-electron chi connectivity index (χ4n) is 9.80. The van der Waals surface area contributed by atoms with Crippen molar-refractivity contribution in [3.05, 3.63) is 71.8 Å². The van der Waals surface area contributed by atoms with Gasteiger partial charge >= 0.3 is 0 Å². The molecule has 0 radical (unpaired) electrons. The van der Waals surface area contributed by atoms with E-state index < -0.39 is 5.60 Å². The maximum Gasteiger partial charge on any atom is 0.155 e. The summed E-state index contributed by atoms with van der Waals surface area (Å²) in [5.74, 6) is 2.16. The zero-order valence-corrected chi connectivity index (χ0v) is 21.6. The van der Waals surface area contributed by atoms with Gasteiger partial charge in [-0.25, -0.2) is 9.97 Å². The van der Waals surface area contributed by atoms with Crippen LogP contribution in [0.4, 0.5) is 0 Å². The number of hydrogen-bond acceptors (Lipinski definition) is 5. The summed E-state index contributed by atoms with van der Waals surface area (Å²) in [6, 6.07) is 6.90. The monoisotopic (exact) mass is 496 g/mol. The third-order valence-corrected chi connectivity index (χ3v) is 11.3. The molecular formula is C32H36N2O3. The average molecular weight is 497 g/mol. The minimum absolute atomic E-state index is 0.0430. The molecule has 5 aliphatic rings. The summed E-state index contributed by atoms with van der Waals surface area (Å²) < 4.78 is 0. The second-order valence-electron chi connectivity index (χ2n) is 12.6. The van der Waals surface area contributed by atoms with E-state index in [0.29, 0.717) is 35.9 Å². The largest absolute Gasteiger partial charge is 0.392 e. The van der Waals surface area contributed by atoms with E-state index in [1.807, 2.05) is 24.5 Å². The van der Waals surface area contributed by atoms with Crippen LogP contribution in [0, 0.1) is 28.6 Å². The molecule has 0 bridgehead atoms. The molecule has 0 saturated heterocycles. The Kier molecular flexibility index (Phi) is 5.19. The third kappa shape index (κ3) is 3.20. The summed E-state index contributed by atoms with van der Waals surface area (Å²) in [5.41, 5.74) is 5.29. The number of aromatic nitrogens is 2. The SMILES string of the molecule is C[C@@]12CC3c4ccc(-c5cncnc5)cc4CC45CCC(=O)C=C4CCC(C35)C1CC[C@]2(O)/C=C/CO. The van der Waals surface area contributed by atoms with Crippen LogP contribution in [0.1, 0.15) is 68.9 Å². The number of fused-ring (bicyclic) bond motifs is 4. The minimum atomic E-state index is -0.893. The van der Waals surface area contributed by atoms with E-state index in [4.69, 9.17) is 0 Å². The highest BCUT2D eigenvalue weighted by molar-refractivity contribution is 5.91. The molecule has 5 unspecified atom stereocenters. The lowest BCUT2D eigenvalue weighted by molar-refractivity contribution is -0.128. The summed E-state index contributed by atoms with van der Waals surface area (Å²) in [5, 5.41) is 21.5. The van der Waals surface area contributed by atoms with Crippen LogP contribution in [0.25, 0.3) is 11.1 Å². The van der Waals surface area contributed by atoms with Gasteiger partial charge in [-0.2, -0.15) is 0 Å². The van der Waals surface area contributed by atoms with Crippen LogP contribution in [0.15, 0.2) is 60.7 Å². The lowest BCUT2D eigenvalue weighted by Crippen LogP contribution is -2.59. The number of benzene rings is 1. The van der Waals surface area contributed by atoms with Crippen molar-refractivity contribution in [3.8, 4) is 11.1 Å². The van der Waals surface area contributed by atoms with E-state index in [-0.39, 0.29) is 17.4 Å². The van der Waals surface area contributed by atoms with E-state index in [1.54, 1.807) is 12.4 Å². The Bertz CT molecular complexity index is 1320. The fourth-order valence-corrected chi connectivity index (χ4v) is 9.80. The first-order valence-electron chi connectivity index (χ1n) is 14.0. The predicted octanol–water partition coefficient (Wildman–Crippen LogP) is 5.18. The molecule has 2 N–H and O–H groups in total. The highest BCUT2D eigenvalue weighted by atomic mass is 16.3. The first-order valence-corrected chi connectivity index (χ1v) is 14.0. The Labute approximate surface area is 218 Å². The summed E-state index contributed by atoms with van der Waals surface area (Å²) >= 11 is 0. The number of hydrogen-bond donors (Lipinski definition) is 2. The number of ketones is 1. The van der Waals surface area contributed by atoms with Crippen LogP contribution in [-0.4, -0.2) is 38.2 Å². The van der Waals surface area contributed by atoms with Crippen LogP contribution in [-0.2, 0) is 11.2 Å². The molecule has 0 aliphatic heterocycles. The molecule has 1 aromatic heterocycles. The Morgan fingerprint density at radius 3 is 2.76 bits per heavy atom. The Morgan fingerprint density at radius 2 is 1.95 bits per heavy atom. The molecule has 2 aromatic rings. The van der Waals surface area contributed by atoms with Gasteiger partial charge in [-0.15, -0.1) is 0 Å². The number of allylic oxidation sites excluding steroid dienone is 1. The molecule has 7 rings (SSSR count). The van der Waals surface area contributed by atoms with Crippen molar-refractivity contribution in [2.75, 3.05) is 6.61 Å². The zero-order chi connectivity index (χ0) is 25.4. The van der Waals surface area contributed by atoms with Gasteiger partial charge < -0.3 is 10.2 Å². The molecule has 3 saturated carbocycles. The van der Waals surface area contributed by atoms with Crippen molar-refractivity contribution in [1.29, 1.82) is 0 Å². The molecule has 5 nitrogen and oxygen atoms in total. The van der Waals surface area contributed by atoms with Gasteiger partial charge in [-0.05, 0) is 96.8 Å². The van der Waals surface area contributed by atoms with Crippen LogP contribution in [0.3, 0.4) is 0 Å². The number of rotatable bonds is 3. The maximum atomic E-state index is 12.6. The van der Waals surface area contributed by atoms with Crippen molar-refractivity contribution in [2.45, 2.75) is 69.8 Å². The van der Waals surface area contributed by atoms with Crippen molar-refractivity contribution >= 4 is 5.78 Å². The van der Waals surface area contributed by atoms with Gasteiger partial charge in [0.25, 0.3) is 0 Å². The highest BCUT2D eigenvalue weighted by Crippen LogP contribution is 2.73. The summed E-state index contributed by atoms with van der Waals surface area (Å²) in [6.45, 7) is 2.27. The second-order valence-corrected chi connectivity index (χ2v) is 12.6. The molecule has 1 aromatic carbocycles. The Morgan fingerprint density at radius 1 is 1.11 bits per heavy atom. The van der Waals surface area contributed by atoms with Crippen molar-refractivity contribution < 1.29 is 15.0 Å². The quantitative estimate of drug-likeness (QED) is 0.572. The van der Waals surface area contributed by atoms with Gasteiger partial charge in [-0.1, -0.05) is 42.8 Å². The first-order chi connectivity index (χ1) is 17.9. The normalized spacial score (nSPS) is 40.0. The summed E-state index contributed by atoms with van der Waals surface area (Å²) in [4.78, 5) is 21.1. The van der Waals surface area contributed by atoms with Crippen LogP contribution in [0.5, 0.6) is 0 Å². The number of aliphatic hydroxyl groups is 2. The van der Waals surface area contributed by atoms with Crippen LogP contribution >= 0.6 is 0 Å². The van der Waals surface area contributed by atoms with Gasteiger partial charge in [0.2, 0.25) is 0 Å². The smallest absolute Gasteiger partial charge is 0.155 e. The average Bonchev–Trinajstić information content (AvgIpc) is 3.18. The van der Waals surface area contributed by atoms with Gasteiger partial charge in [0.1, 0.15) is 6.33 Å². The highest BCUT2D eigenvalue weighted by Gasteiger charge is 2.67. The Balaban J connectivity index is 1.40. The van der Waals surface area contributed by atoms with Crippen molar-refractivity contribution in [1.82, 2.24) is 9.97 Å². The molecule has 5 heteroatoms. The van der Waals surface area contributed by atoms with E-state index in [0.717, 1.165) is 56.1 Å². The van der Waals surface area contributed by atoms with Gasteiger partial charge in [0, 0.05) is 29.8 Å². The molecule has 7 atom stereocenters. The lowest BCUT2D eigenvalue weighted by atomic mass is 9.39. The molecular weight excluding hydrogens is 460 g/mol. The Hall–Kier alpha value is -2.63. The zero-order valence-electron chi connectivity index (χ0n) is 21.6. The number of carbonyl (C=O) groups is 1.